The lowest BCUT2D eigenvalue weighted by Crippen LogP contribution is -2.43. The second-order valence-electron chi connectivity index (χ2n) is 4.33. The van der Waals surface area contributed by atoms with Crippen molar-refractivity contribution in [3.8, 4) is 0 Å². The van der Waals surface area contributed by atoms with Gasteiger partial charge in [-0.3, -0.25) is 4.79 Å². The molecule has 16 heavy (non-hydrogen) atoms. The van der Waals surface area contributed by atoms with Crippen LogP contribution in [0.4, 0.5) is 0 Å². The number of carbonyl (C=O) groups is 1. The van der Waals surface area contributed by atoms with Crippen molar-refractivity contribution in [3.63, 3.8) is 0 Å². The highest BCUT2D eigenvalue weighted by Gasteiger charge is 2.26. The lowest BCUT2D eigenvalue weighted by molar-refractivity contribution is -0.136. The van der Waals surface area contributed by atoms with Crippen LogP contribution in [0.25, 0.3) is 0 Å². The summed E-state index contributed by atoms with van der Waals surface area (Å²) in [6.07, 6.45) is 3.15. The molecule has 2 fully saturated rings. The molecule has 0 aromatic heterocycles. The molecule has 0 saturated carbocycles. The number of ether oxygens (including phenoxy) is 1. The molecule has 0 bridgehead atoms. The molecule has 4 nitrogen and oxygen atoms in total. The van der Waals surface area contributed by atoms with Gasteiger partial charge < -0.3 is 15.0 Å². The minimum atomic E-state index is 0. The summed E-state index contributed by atoms with van der Waals surface area (Å²) in [5, 5.41) is 3.29. The summed E-state index contributed by atoms with van der Waals surface area (Å²) >= 11 is 0. The fourth-order valence-corrected chi connectivity index (χ4v) is 2.29. The van der Waals surface area contributed by atoms with Crippen molar-refractivity contribution in [1.29, 1.82) is 0 Å². The summed E-state index contributed by atoms with van der Waals surface area (Å²) < 4.78 is 5.35. The molecule has 2 rings (SSSR count). The van der Waals surface area contributed by atoms with Crippen molar-refractivity contribution in [2.75, 3.05) is 39.4 Å². The molecule has 0 aliphatic carbocycles. The molecule has 5 heteroatoms. The first kappa shape index (κ1) is 13.7. The molecule has 2 aliphatic rings. The average molecular weight is 249 g/mol. The molecule has 2 heterocycles. The van der Waals surface area contributed by atoms with Crippen LogP contribution in [-0.2, 0) is 9.53 Å². The van der Waals surface area contributed by atoms with E-state index in [1.165, 1.54) is 0 Å². The van der Waals surface area contributed by atoms with Crippen molar-refractivity contribution in [1.82, 2.24) is 10.2 Å². The average Bonchev–Trinajstić information content (AvgIpc) is 2.58. The number of nitrogens with one attached hydrogen (secondary N) is 1. The van der Waals surface area contributed by atoms with Gasteiger partial charge in [-0.2, -0.15) is 0 Å². The number of carbonyl (C=O) groups excluding carboxylic acids is 1. The zero-order chi connectivity index (χ0) is 10.5. The molecule has 0 spiro atoms. The molecule has 0 aromatic rings. The zero-order valence-electron chi connectivity index (χ0n) is 9.61. The van der Waals surface area contributed by atoms with Crippen LogP contribution < -0.4 is 5.32 Å². The van der Waals surface area contributed by atoms with E-state index in [0.29, 0.717) is 12.5 Å². The largest absolute Gasteiger partial charge is 0.380 e. The van der Waals surface area contributed by atoms with Crippen LogP contribution in [0.3, 0.4) is 0 Å². The molecule has 1 N–H and O–H groups in total. The maximum atomic E-state index is 12.1. The molecule has 2 aliphatic heterocycles. The van der Waals surface area contributed by atoms with Gasteiger partial charge in [-0.1, -0.05) is 0 Å². The lowest BCUT2D eigenvalue weighted by Gasteiger charge is -2.28. The van der Waals surface area contributed by atoms with E-state index in [1.807, 2.05) is 4.90 Å². The first-order chi connectivity index (χ1) is 7.38. The zero-order valence-corrected chi connectivity index (χ0v) is 10.4. The van der Waals surface area contributed by atoms with E-state index < -0.39 is 0 Å². The number of nitrogens with zero attached hydrogens (tertiary/aromatic N) is 1. The van der Waals surface area contributed by atoms with Gasteiger partial charge in [-0.05, 0) is 25.8 Å². The van der Waals surface area contributed by atoms with Crippen molar-refractivity contribution in [3.05, 3.63) is 0 Å². The van der Waals surface area contributed by atoms with Gasteiger partial charge in [0.1, 0.15) is 0 Å². The summed E-state index contributed by atoms with van der Waals surface area (Å²) in [7, 11) is 0. The first-order valence-electron chi connectivity index (χ1n) is 5.95. The van der Waals surface area contributed by atoms with Crippen LogP contribution in [0.1, 0.15) is 19.3 Å². The molecule has 2 saturated heterocycles. The fraction of sp³-hybridized carbons (Fsp3) is 0.909. The number of hydrogen-bond acceptors (Lipinski definition) is 3. The summed E-state index contributed by atoms with van der Waals surface area (Å²) in [6.45, 7) is 5.06. The van der Waals surface area contributed by atoms with Gasteiger partial charge in [-0.15, -0.1) is 12.4 Å². The first-order valence-corrected chi connectivity index (χ1v) is 5.95. The third-order valence-corrected chi connectivity index (χ3v) is 3.18. The predicted octanol–water partition coefficient (Wildman–Crippen LogP) is 0.657. The van der Waals surface area contributed by atoms with Gasteiger partial charge in [0.2, 0.25) is 5.91 Å². The van der Waals surface area contributed by atoms with Gasteiger partial charge in [0.15, 0.2) is 0 Å². The third kappa shape index (κ3) is 3.61. The second kappa shape index (κ2) is 7.09. The van der Waals surface area contributed by atoms with E-state index in [4.69, 9.17) is 4.74 Å². The molecule has 0 unspecified atom stereocenters. The Morgan fingerprint density at radius 1 is 1.25 bits per heavy atom. The number of hydrogen-bond donors (Lipinski definition) is 1. The maximum Gasteiger partial charge on any atom is 0.227 e. The smallest absolute Gasteiger partial charge is 0.227 e. The van der Waals surface area contributed by atoms with Gasteiger partial charge in [-0.25, -0.2) is 0 Å². The highest BCUT2D eigenvalue weighted by Crippen LogP contribution is 2.14. The van der Waals surface area contributed by atoms with E-state index in [0.717, 1.165) is 52.0 Å². The fourth-order valence-electron chi connectivity index (χ4n) is 2.29. The van der Waals surface area contributed by atoms with Crippen LogP contribution >= 0.6 is 12.4 Å². The second-order valence-corrected chi connectivity index (χ2v) is 4.33. The molecule has 1 amide bonds. The predicted molar refractivity (Wildman–Crippen MR) is 64.9 cm³/mol. The Morgan fingerprint density at radius 3 is 2.88 bits per heavy atom. The monoisotopic (exact) mass is 248 g/mol. The number of piperidine rings is 1. The van der Waals surface area contributed by atoms with Crippen LogP contribution in [-0.4, -0.2) is 50.2 Å². The van der Waals surface area contributed by atoms with Gasteiger partial charge >= 0.3 is 0 Å². The van der Waals surface area contributed by atoms with Crippen molar-refractivity contribution < 1.29 is 9.53 Å². The number of amides is 1. The highest BCUT2D eigenvalue weighted by molar-refractivity contribution is 5.85. The van der Waals surface area contributed by atoms with Gasteiger partial charge in [0.05, 0.1) is 12.5 Å². The summed E-state index contributed by atoms with van der Waals surface area (Å²) in [4.78, 5) is 14.1. The standard InChI is InChI=1S/C11H20N2O2.ClH/c14-11(10-3-1-4-12-9-10)13-5-2-7-15-8-6-13;/h10,12H,1-9H2;1H/t10-;/m1./s1. The Morgan fingerprint density at radius 2 is 2.12 bits per heavy atom. The van der Waals surface area contributed by atoms with Crippen LogP contribution in [0, 0.1) is 5.92 Å². The van der Waals surface area contributed by atoms with E-state index in [1.54, 1.807) is 0 Å². The number of halogens is 1. The van der Waals surface area contributed by atoms with Crippen LogP contribution in [0.5, 0.6) is 0 Å². The topological polar surface area (TPSA) is 41.6 Å². The Kier molecular flexibility index (Phi) is 6.09. The Hall–Kier alpha value is -0.320. The number of rotatable bonds is 1. The van der Waals surface area contributed by atoms with E-state index in [-0.39, 0.29) is 18.3 Å². The SMILES string of the molecule is Cl.O=C([C@@H]1CCCNC1)N1CCCOCC1. The summed E-state index contributed by atoms with van der Waals surface area (Å²) in [6, 6.07) is 0. The van der Waals surface area contributed by atoms with Crippen LogP contribution in [0.15, 0.2) is 0 Å². The minimum absolute atomic E-state index is 0. The molecule has 0 aromatic carbocycles. The molecule has 0 radical (unpaired) electrons. The highest BCUT2D eigenvalue weighted by atomic mass is 35.5. The minimum Gasteiger partial charge on any atom is -0.380 e. The van der Waals surface area contributed by atoms with Gasteiger partial charge in [0, 0.05) is 26.2 Å². The molecular formula is C11H21ClN2O2. The molecule has 1 atom stereocenters. The van der Waals surface area contributed by atoms with Crippen LogP contribution in [0.2, 0.25) is 0 Å². The normalized spacial score (nSPS) is 26.8. The Bertz CT molecular complexity index is 212. The van der Waals surface area contributed by atoms with Crippen molar-refractivity contribution >= 4 is 18.3 Å². The van der Waals surface area contributed by atoms with E-state index in [2.05, 4.69) is 5.32 Å². The van der Waals surface area contributed by atoms with Gasteiger partial charge in [0.25, 0.3) is 0 Å². The van der Waals surface area contributed by atoms with Crippen molar-refractivity contribution in [2.45, 2.75) is 19.3 Å². The quantitative estimate of drug-likeness (QED) is 0.741. The molecule has 94 valence electrons. The molecular weight excluding hydrogens is 228 g/mol. The Labute approximate surface area is 103 Å². The lowest BCUT2D eigenvalue weighted by atomic mass is 9.98. The van der Waals surface area contributed by atoms with E-state index >= 15 is 0 Å². The Balaban J connectivity index is 0.00000128. The third-order valence-electron chi connectivity index (χ3n) is 3.18. The van der Waals surface area contributed by atoms with E-state index in [9.17, 15) is 4.79 Å². The van der Waals surface area contributed by atoms with Crippen molar-refractivity contribution in [2.24, 2.45) is 5.92 Å². The summed E-state index contributed by atoms with van der Waals surface area (Å²) in [5.41, 5.74) is 0. The summed E-state index contributed by atoms with van der Waals surface area (Å²) in [5.74, 6) is 0.532. The maximum absolute atomic E-state index is 12.1.